The highest BCUT2D eigenvalue weighted by Crippen LogP contribution is 2.22. The lowest BCUT2D eigenvalue weighted by atomic mass is 10.2. The van der Waals surface area contributed by atoms with Gasteiger partial charge in [0.2, 0.25) is 0 Å². The van der Waals surface area contributed by atoms with Crippen molar-refractivity contribution < 1.29 is 4.74 Å². The van der Waals surface area contributed by atoms with Crippen molar-refractivity contribution in [3.8, 4) is 17.3 Å². The Morgan fingerprint density at radius 2 is 1.94 bits per heavy atom. The van der Waals surface area contributed by atoms with Crippen LogP contribution in [0.4, 0.5) is 5.82 Å². The highest BCUT2D eigenvalue weighted by molar-refractivity contribution is 7.13. The van der Waals surface area contributed by atoms with Gasteiger partial charge in [0.15, 0.2) is 5.82 Å². The Bertz CT molecular complexity index is 1140. The molecule has 0 radical (unpaired) electrons. The molecule has 0 aromatic carbocycles. The first-order chi connectivity index (χ1) is 15.2. The van der Waals surface area contributed by atoms with Crippen molar-refractivity contribution in [1.29, 1.82) is 0 Å². The minimum Gasteiger partial charge on any atom is -0.463 e. The lowest BCUT2D eigenvalue weighted by Gasteiger charge is -2.09. The molecule has 0 saturated carbocycles. The van der Waals surface area contributed by atoms with E-state index in [2.05, 4.69) is 50.4 Å². The predicted molar refractivity (Wildman–Crippen MR) is 124 cm³/mol. The molecule has 0 saturated heterocycles. The summed E-state index contributed by atoms with van der Waals surface area (Å²) in [5.41, 5.74) is 6.86. The molecule has 8 heteroatoms. The molecule has 0 atom stereocenters. The van der Waals surface area contributed by atoms with Crippen LogP contribution in [0.1, 0.15) is 21.0 Å². The molecule has 0 unspecified atom stereocenters. The maximum atomic E-state index is 5.83. The van der Waals surface area contributed by atoms with Crippen LogP contribution in [-0.2, 0) is 6.42 Å². The molecule has 156 valence electrons. The summed E-state index contributed by atoms with van der Waals surface area (Å²) in [4.78, 5) is 19.7. The number of anilines is 1. The molecule has 0 aliphatic rings. The van der Waals surface area contributed by atoms with E-state index in [1.165, 1.54) is 10.4 Å². The number of hydrazone groups is 1. The van der Waals surface area contributed by atoms with Gasteiger partial charge in [0, 0.05) is 52.1 Å². The predicted octanol–water partition coefficient (Wildman–Crippen LogP) is 4.68. The fraction of sp³-hybridized carbons (Fsp3) is 0.174. The lowest BCUT2D eigenvalue weighted by Crippen LogP contribution is -2.07. The van der Waals surface area contributed by atoms with E-state index in [0.717, 1.165) is 21.8 Å². The monoisotopic (exact) mass is 430 g/mol. The number of thiophene rings is 1. The third-order valence-electron chi connectivity index (χ3n) is 4.55. The third kappa shape index (κ3) is 5.70. The van der Waals surface area contributed by atoms with E-state index in [1.807, 2.05) is 36.4 Å². The third-order valence-corrected chi connectivity index (χ3v) is 5.64. The van der Waals surface area contributed by atoms with Gasteiger partial charge in [-0.15, -0.1) is 11.3 Å². The van der Waals surface area contributed by atoms with Crippen LogP contribution in [0.25, 0.3) is 11.3 Å². The van der Waals surface area contributed by atoms with E-state index in [1.54, 1.807) is 36.1 Å². The number of nitrogens with zero attached hydrogens (tertiary/aromatic N) is 5. The summed E-state index contributed by atoms with van der Waals surface area (Å²) in [7, 11) is 0. The number of hydrogen-bond acceptors (Lipinski definition) is 8. The minimum atomic E-state index is 0.283. The average molecular weight is 431 g/mol. The summed E-state index contributed by atoms with van der Waals surface area (Å²) >= 11 is 1.70. The summed E-state index contributed by atoms with van der Waals surface area (Å²) in [5, 5.41) is 4.34. The Morgan fingerprint density at radius 3 is 2.68 bits per heavy atom. The summed E-state index contributed by atoms with van der Waals surface area (Å²) in [6, 6.07) is 13.8. The van der Waals surface area contributed by atoms with Crippen LogP contribution in [0.15, 0.2) is 66.2 Å². The van der Waals surface area contributed by atoms with Crippen LogP contribution >= 0.6 is 11.3 Å². The summed E-state index contributed by atoms with van der Waals surface area (Å²) < 4.78 is 5.83. The molecule has 0 aliphatic heterocycles. The topological polar surface area (TPSA) is 85.2 Å². The van der Waals surface area contributed by atoms with Gasteiger partial charge >= 0.3 is 6.01 Å². The Hall–Kier alpha value is -3.65. The average Bonchev–Trinajstić information content (AvgIpc) is 3.12. The quantitative estimate of drug-likeness (QED) is 0.323. The van der Waals surface area contributed by atoms with Crippen LogP contribution in [-0.4, -0.2) is 32.8 Å². The molecule has 4 aromatic rings. The number of hydrogen-bond donors (Lipinski definition) is 1. The zero-order valence-electron chi connectivity index (χ0n) is 17.3. The van der Waals surface area contributed by atoms with Crippen molar-refractivity contribution >= 4 is 23.4 Å². The van der Waals surface area contributed by atoms with Crippen LogP contribution in [0.2, 0.25) is 0 Å². The maximum absolute atomic E-state index is 5.83. The van der Waals surface area contributed by atoms with Gasteiger partial charge in [-0.05, 0) is 49.7 Å². The molecule has 0 spiro atoms. The molecular formula is C23H22N6OS. The molecule has 0 aliphatic carbocycles. The maximum Gasteiger partial charge on any atom is 0.318 e. The van der Waals surface area contributed by atoms with Crippen molar-refractivity contribution in [3.05, 3.63) is 82.1 Å². The number of ether oxygens (including phenoxy) is 1. The van der Waals surface area contributed by atoms with Crippen molar-refractivity contribution in [2.75, 3.05) is 12.0 Å². The smallest absolute Gasteiger partial charge is 0.318 e. The van der Waals surface area contributed by atoms with Gasteiger partial charge in [0.05, 0.1) is 18.5 Å². The van der Waals surface area contributed by atoms with E-state index >= 15 is 0 Å². The standard InChI is InChI=1S/C23H22N6OS/c1-16-13-20(31-17(16)2)15-26-29-22-14-21(18-6-10-24-11-7-18)27-23(28-22)30-12-8-19-5-3-4-9-25-19/h3-7,9-11,13-15H,8,12H2,1-2H3,(H,27,28,29). The van der Waals surface area contributed by atoms with Crippen LogP contribution < -0.4 is 10.2 Å². The molecule has 0 bridgehead atoms. The summed E-state index contributed by atoms with van der Waals surface area (Å²) in [5.74, 6) is 0.552. The Labute approximate surface area is 184 Å². The second-order valence-electron chi connectivity index (χ2n) is 6.83. The second-order valence-corrected chi connectivity index (χ2v) is 8.12. The van der Waals surface area contributed by atoms with Gasteiger partial charge < -0.3 is 4.74 Å². The van der Waals surface area contributed by atoms with E-state index in [4.69, 9.17) is 4.74 Å². The molecule has 4 aromatic heterocycles. The van der Waals surface area contributed by atoms with E-state index in [-0.39, 0.29) is 6.01 Å². The zero-order chi connectivity index (χ0) is 21.5. The summed E-state index contributed by atoms with van der Waals surface area (Å²) in [6.07, 6.45) is 7.69. The van der Waals surface area contributed by atoms with Crippen molar-refractivity contribution in [1.82, 2.24) is 19.9 Å². The normalized spacial score (nSPS) is 11.0. The van der Waals surface area contributed by atoms with E-state index in [9.17, 15) is 0 Å². The first-order valence-corrected chi connectivity index (χ1v) is 10.7. The molecule has 4 rings (SSSR count). The number of pyridine rings is 2. The van der Waals surface area contributed by atoms with Crippen LogP contribution in [0.5, 0.6) is 6.01 Å². The van der Waals surface area contributed by atoms with Crippen LogP contribution in [0.3, 0.4) is 0 Å². The summed E-state index contributed by atoms with van der Waals surface area (Å²) in [6.45, 7) is 4.62. The number of aromatic nitrogens is 4. The first kappa shape index (κ1) is 20.6. The van der Waals surface area contributed by atoms with Gasteiger partial charge in [-0.3, -0.25) is 15.4 Å². The van der Waals surface area contributed by atoms with E-state index < -0.39 is 0 Å². The Morgan fingerprint density at radius 1 is 1.06 bits per heavy atom. The number of aryl methyl sites for hydroxylation is 2. The van der Waals surface area contributed by atoms with Gasteiger partial charge in [0.1, 0.15) is 0 Å². The van der Waals surface area contributed by atoms with Crippen LogP contribution in [0, 0.1) is 13.8 Å². The highest BCUT2D eigenvalue weighted by atomic mass is 32.1. The molecule has 31 heavy (non-hydrogen) atoms. The van der Waals surface area contributed by atoms with Gasteiger partial charge in [-0.1, -0.05) is 6.07 Å². The minimum absolute atomic E-state index is 0.283. The van der Waals surface area contributed by atoms with Gasteiger partial charge in [-0.25, -0.2) is 0 Å². The second kappa shape index (κ2) is 9.90. The van der Waals surface area contributed by atoms with Gasteiger partial charge in [-0.2, -0.15) is 15.1 Å². The fourth-order valence-corrected chi connectivity index (χ4v) is 3.75. The molecule has 0 amide bonds. The molecular weight excluding hydrogens is 408 g/mol. The lowest BCUT2D eigenvalue weighted by molar-refractivity contribution is 0.296. The molecule has 0 fully saturated rings. The Balaban J connectivity index is 1.51. The van der Waals surface area contributed by atoms with E-state index in [0.29, 0.717) is 18.8 Å². The largest absolute Gasteiger partial charge is 0.463 e. The molecule has 1 N–H and O–H groups in total. The SMILES string of the molecule is Cc1cc(C=NNc2cc(-c3ccncc3)nc(OCCc3ccccn3)n2)sc1C. The first-order valence-electron chi connectivity index (χ1n) is 9.86. The number of rotatable bonds is 8. The molecule has 7 nitrogen and oxygen atoms in total. The fourth-order valence-electron chi connectivity index (χ4n) is 2.84. The van der Waals surface area contributed by atoms with Gasteiger partial charge in [0.25, 0.3) is 0 Å². The molecule has 4 heterocycles. The van der Waals surface area contributed by atoms with Crippen molar-refractivity contribution in [2.24, 2.45) is 5.10 Å². The van der Waals surface area contributed by atoms with Crippen molar-refractivity contribution in [3.63, 3.8) is 0 Å². The van der Waals surface area contributed by atoms with Crippen molar-refractivity contribution in [2.45, 2.75) is 20.3 Å². The highest BCUT2D eigenvalue weighted by Gasteiger charge is 2.08. The number of nitrogens with one attached hydrogen (secondary N) is 1. The zero-order valence-corrected chi connectivity index (χ0v) is 18.1. The Kier molecular flexibility index (Phi) is 6.59.